The van der Waals surface area contributed by atoms with Crippen molar-refractivity contribution in [3.8, 4) is 0 Å². The second-order valence-electron chi connectivity index (χ2n) is 4.12. The first kappa shape index (κ1) is 12.7. The second-order valence-corrected chi connectivity index (χ2v) is 4.39. The zero-order valence-corrected chi connectivity index (χ0v) is 10.9. The van der Waals surface area contributed by atoms with Crippen LogP contribution in [0.1, 0.15) is 21.6 Å². The van der Waals surface area contributed by atoms with Crippen LogP contribution < -0.4 is 5.32 Å². The van der Waals surface area contributed by atoms with E-state index in [4.69, 9.17) is 11.6 Å². The summed E-state index contributed by atoms with van der Waals surface area (Å²) in [6.45, 7) is 0.527. The topological polar surface area (TPSA) is 34.0 Å². The third-order valence-electron chi connectivity index (χ3n) is 2.85. The number of benzene rings is 1. The zero-order chi connectivity index (χ0) is 13.0. The lowest BCUT2D eigenvalue weighted by molar-refractivity contribution is 0.0950. The number of rotatable bonds is 4. The summed E-state index contributed by atoms with van der Waals surface area (Å²) in [5.41, 5.74) is 2.73. The van der Waals surface area contributed by atoms with Crippen LogP contribution in [0.4, 0.5) is 0 Å². The summed E-state index contributed by atoms with van der Waals surface area (Å²) >= 11 is 5.70. The van der Waals surface area contributed by atoms with Crippen molar-refractivity contribution in [2.24, 2.45) is 7.05 Å². The average molecular weight is 263 g/mol. The summed E-state index contributed by atoms with van der Waals surface area (Å²) in [7, 11) is 1.96. The Morgan fingerprint density at radius 3 is 2.56 bits per heavy atom. The lowest BCUT2D eigenvalue weighted by Gasteiger charge is -2.06. The number of hydrogen-bond donors (Lipinski definition) is 1. The van der Waals surface area contributed by atoms with Gasteiger partial charge >= 0.3 is 0 Å². The Labute approximate surface area is 111 Å². The number of halogens is 1. The fourth-order valence-electron chi connectivity index (χ4n) is 1.70. The van der Waals surface area contributed by atoms with Gasteiger partial charge in [-0.1, -0.05) is 12.1 Å². The molecule has 0 aliphatic heterocycles. The third kappa shape index (κ3) is 2.93. The van der Waals surface area contributed by atoms with E-state index in [1.165, 1.54) is 0 Å². The largest absolute Gasteiger partial charge is 0.353 e. The number of nitrogens with zero attached hydrogens (tertiary/aromatic N) is 1. The number of carbonyl (C=O) groups excluding carboxylic acids is 1. The van der Waals surface area contributed by atoms with Crippen molar-refractivity contribution in [1.29, 1.82) is 0 Å². The van der Waals surface area contributed by atoms with Gasteiger partial charge in [0.1, 0.15) is 0 Å². The van der Waals surface area contributed by atoms with Crippen molar-refractivity contribution in [2.75, 3.05) is 0 Å². The molecule has 0 unspecified atom stereocenters. The molecule has 18 heavy (non-hydrogen) atoms. The number of nitrogens with one attached hydrogen (secondary N) is 1. The molecule has 1 heterocycles. The smallest absolute Gasteiger partial charge is 0.251 e. The molecule has 0 saturated carbocycles. The average Bonchev–Trinajstić information content (AvgIpc) is 2.81. The summed E-state index contributed by atoms with van der Waals surface area (Å²) in [4.78, 5) is 11.9. The van der Waals surface area contributed by atoms with Crippen LogP contribution in [0, 0.1) is 0 Å². The van der Waals surface area contributed by atoms with Crippen molar-refractivity contribution in [3.05, 3.63) is 59.4 Å². The van der Waals surface area contributed by atoms with Gasteiger partial charge in [0.05, 0.1) is 6.54 Å². The van der Waals surface area contributed by atoms with Crippen molar-refractivity contribution in [3.63, 3.8) is 0 Å². The molecule has 2 aromatic rings. The Balaban J connectivity index is 1.97. The lowest BCUT2D eigenvalue weighted by Crippen LogP contribution is -2.23. The first-order valence-corrected chi connectivity index (χ1v) is 6.27. The fraction of sp³-hybridized carbons (Fsp3) is 0.214. The van der Waals surface area contributed by atoms with Gasteiger partial charge in [-0.15, -0.1) is 11.6 Å². The molecule has 2 rings (SSSR count). The fourth-order valence-corrected chi connectivity index (χ4v) is 1.88. The van der Waals surface area contributed by atoms with Crippen LogP contribution in [0.5, 0.6) is 0 Å². The number of alkyl halides is 1. The second kappa shape index (κ2) is 5.74. The highest BCUT2D eigenvalue weighted by Crippen LogP contribution is 2.07. The third-order valence-corrected chi connectivity index (χ3v) is 3.16. The quantitative estimate of drug-likeness (QED) is 0.845. The number of hydrogen-bond acceptors (Lipinski definition) is 1. The molecule has 94 valence electrons. The molecule has 0 saturated heterocycles. The molecular formula is C14H15ClN2O. The van der Waals surface area contributed by atoms with E-state index in [2.05, 4.69) is 5.32 Å². The molecule has 1 N–H and O–H groups in total. The van der Waals surface area contributed by atoms with Gasteiger partial charge in [-0.25, -0.2) is 0 Å². The van der Waals surface area contributed by atoms with Gasteiger partial charge in [0.25, 0.3) is 5.91 Å². The highest BCUT2D eigenvalue weighted by molar-refractivity contribution is 6.17. The molecular weight excluding hydrogens is 248 g/mol. The summed E-state index contributed by atoms with van der Waals surface area (Å²) in [6, 6.07) is 11.2. The summed E-state index contributed by atoms with van der Waals surface area (Å²) in [5, 5.41) is 2.89. The maximum atomic E-state index is 11.9. The van der Waals surface area contributed by atoms with Gasteiger partial charge < -0.3 is 9.88 Å². The summed E-state index contributed by atoms with van der Waals surface area (Å²) in [5.74, 6) is 0.392. The van der Waals surface area contributed by atoms with Gasteiger partial charge in [0.2, 0.25) is 0 Å². The standard InChI is InChI=1S/C14H15ClN2O/c1-17-8-2-3-13(17)10-16-14(18)12-6-4-11(9-15)5-7-12/h2-8H,9-10H2,1H3,(H,16,18). The van der Waals surface area contributed by atoms with Crippen LogP contribution in [0.2, 0.25) is 0 Å². The van der Waals surface area contributed by atoms with Gasteiger partial charge in [-0.2, -0.15) is 0 Å². The molecule has 3 nitrogen and oxygen atoms in total. The first-order valence-electron chi connectivity index (χ1n) is 5.74. The number of aryl methyl sites for hydroxylation is 1. The van der Waals surface area contributed by atoms with Crippen LogP contribution in [-0.4, -0.2) is 10.5 Å². The molecule has 0 bridgehead atoms. The molecule has 4 heteroatoms. The summed E-state index contributed by atoms with van der Waals surface area (Å²) < 4.78 is 1.98. The minimum absolute atomic E-state index is 0.0719. The minimum atomic E-state index is -0.0719. The summed E-state index contributed by atoms with van der Waals surface area (Å²) in [6.07, 6.45) is 1.96. The number of aromatic nitrogens is 1. The van der Waals surface area contributed by atoms with Crippen molar-refractivity contribution in [2.45, 2.75) is 12.4 Å². The molecule has 0 fully saturated rings. The molecule has 0 radical (unpaired) electrons. The van der Waals surface area contributed by atoms with E-state index in [1.807, 2.05) is 42.1 Å². The maximum absolute atomic E-state index is 11.9. The number of carbonyl (C=O) groups is 1. The Hall–Kier alpha value is -1.74. The minimum Gasteiger partial charge on any atom is -0.353 e. The predicted octanol–water partition coefficient (Wildman–Crippen LogP) is 2.69. The Morgan fingerprint density at radius 1 is 1.28 bits per heavy atom. The van der Waals surface area contributed by atoms with Crippen molar-refractivity contribution in [1.82, 2.24) is 9.88 Å². The predicted molar refractivity (Wildman–Crippen MR) is 72.6 cm³/mol. The van der Waals surface area contributed by atoms with Crippen LogP contribution in [-0.2, 0) is 19.5 Å². The molecule has 1 aromatic heterocycles. The highest BCUT2D eigenvalue weighted by Gasteiger charge is 2.05. The van der Waals surface area contributed by atoms with Gasteiger partial charge in [-0.3, -0.25) is 4.79 Å². The Morgan fingerprint density at radius 2 is 2.00 bits per heavy atom. The molecule has 0 aliphatic carbocycles. The van der Waals surface area contributed by atoms with E-state index in [1.54, 1.807) is 12.1 Å². The monoisotopic (exact) mass is 262 g/mol. The van der Waals surface area contributed by atoms with Crippen LogP contribution >= 0.6 is 11.6 Å². The van der Waals surface area contributed by atoms with E-state index in [0.717, 1.165) is 11.3 Å². The lowest BCUT2D eigenvalue weighted by atomic mass is 10.1. The van der Waals surface area contributed by atoms with E-state index in [-0.39, 0.29) is 5.91 Å². The van der Waals surface area contributed by atoms with Crippen LogP contribution in [0.25, 0.3) is 0 Å². The van der Waals surface area contributed by atoms with Crippen LogP contribution in [0.15, 0.2) is 42.6 Å². The van der Waals surface area contributed by atoms with E-state index < -0.39 is 0 Å². The number of amides is 1. The molecule has 0 spiro atoms. The molecule has 0 atom stereocenters. The normalized spacial score (nSPS) is 10.3. The van der Waals surface area contributed by atoms with Gasteiger partial charge in [0.15, 0.2) is 0 Å². The Kier molecular flexibility index (Phi) is 4.05. The van der Waals surface area contributed by atoms with Crippen LogP contribution in [0.3, 0.4) is 0 Å². The van der Waals surface area contributed by atoms with E-state index >= 15 is 0 Å². The van der Waals surface area contributed by atoms with E-state index in [0.29, 0.717) is 18.0 Å². The maximum Gasteiger partial charge on any atom is 0.251 e. The Bertz CT molecular complexity index is 531. The SMILES string of the molecule is Cn1cccc1CNC(=O)c1ccc(CCl)cc1. The van der Waals surface area contributed by atoms with Gasteiger partial charge in [0, 0.05) is 30.4 Å². The highest BCUT2D eigenvalue weighted by atomic mass is 35.5. The van der Waals surface area contributed by atoms with Crippen molar-refractivity contribution >= 4 is 17.5 Å². The van der Waals surface area contributed by atoms with Crippen molar-refractivity contribution < 1.29 is 4.79 Å². The zero-order valence-electron chi connectivity index (χ0n) is 10.2. The van der Waals surface area contributed by atoms with E-state index in [9.17, 15) is 4.79 Å². The molecule has 0 aliphatic rings. The molecule has 1 aromatic carbocycles. The van der Waals surface area contributed by atoms with Gasteiger partial charge in [-0.05, 0) is 29.8 Å². The first-order chi connectivity index (χ1) is 8.70. The molecule has 1 amide bonds.